The number of hydrogen-bond donors (Lipinski definition) is 3. The molecule has 2 unspecified atom stereocenters. The zero-order chi connectivity index (χ0) is 9.52. The highest BCUT2D eigenvalue weighted by atomic mass is 16.4. The van der Waals surface area contributed by atoms with Crippen LogP contribution in [0.2, 0.25) is 0 Å². The van der Waals surface area contributed by atoms with Gasteiger partial charge in [0.1, 0.15) is 0 Å². The van der Waals surface area contributed by atoms with Gasteiger partial charge in [-0.25, -0.2) is 4.79 Å². The van der Waals surface area contributed by atoms with Crippen LogP contribution in [-0.4, -0.2) is 45.9 Å². The number of rotatable bonds is 0. The molecule has 0 bridgehead atoms. The number of likely N-dealkylation sites (N-methyl/N-ethyl adjacent to an activating group) is 1. The molecule has 1 fully saturated rings. The van der Waals surface area contributed by atoms with Crippen molar-refractivity contribution in [2.75, 3.05) is 7.05 Å². The first-order valence-electron chi connectivity index (χ1n) is 3.36. The fourth-order valence-corrected chi connectivity index (χ4v) is 0.917. The Morgan fingerprint density at radius 2 is 2.08 bits per heavy atom. The zero-order valence-electron chi connectivity index (χ0n) is 6.74. The molecule has 1 rings (SSSR count). The zero-order valence-corrected chi connectivity index (χ0v) is 6.74. The molecule has 68 valence electrons. The smallest absolute Gasteiger partial charge is 0.326 e. The first kappa shape index (κ1) is 8.95. The average Bonchev–Trinajstić information content (AvgIpc) is 1.99. The highest BCUT2D eigenvalue weighted by Crippen LogP contribution is 2.17. The lowest BCUT2D eigenvalue weighted by Gasteiger charge is -2.38. The Labute approximate surface area is 68.8 Å². The molecule has 3 N–H and O–H groups in total. The van der Waals surface area contributed by atoms with Gasteiger partial charge in [0.2, 0.25) is 0 Å². The number of nitrogens with one attached hydrogen (secondary N) is 1. The van der Waals surface area contributed by atoms with Crippen LogP contribution >= 0.6 is 0 Å². The Balaban J connectivity index is 2.95. The van der Waals surface area contributed by atoms with Gasteiger partial charge in [-0.1, -0.05) is 0 Å². The number of nitrogens with zero attached hydrogens (tertiary/aromatic N) is 1. The second kappa shape index (κ2) is 2.43. The van der Waals surface area contributed by atoms with Gasteiger partial charge >= 0.3 is 6.03 Å². The minimum Gasteiger partial charge on any atom is -0.376 e. The maximum Gasteiger partial charge on any atom is 0.326 e. The van der Waals surface area contributed by atoms with Gasteiger partial charge in [0.15, 0.2) is 11.8 Å². The molecule has 3 amide bonds. The summed E-state index contributed by atoms with van der Waals surface area (Å²) in [5.74, 6) is -0.891. The number of carbonyl (C=O) groups excluding carboxylic acids is 2. The van der Waals surface area contributed by atoms with Gasteiger partial charge in [0.05, 0.1) is 0 Å². The number of aliphatic hydroxyl groups excluding tert-OH is 1. The fraction of sp³-hybridized carbons (Fsp3) is 0.667. The molecular weight excluding hydrogens is 164 g/mol. The van der Waals surface area contributed by atoms with Crippen molar-refractivity contribution in [3.63, 3.8) is 0 Å². The van der Waals surface area contributed by atoms with Crippen molar-refractivity contribution < 1.29 is 19.8 Å². The van der Waals surface area contributed by atoms with E-state index in [1.807, 2.05) is 5.32 Å². The van der Waals surface area contributed by atoms with E-state index in [1.165, 1.54) is 7.05 Å². The van der Waals surface area contributed by atoms with E-state index in [2.05, 4.69) is 0 Å². The van der Waals surface area contributed by atoms with Crippen LogP contribution in [0.25, 0.3) is 0 Å². The lowest BCUT2D eigenvalue weighted by molar-refractivity contribution is -0.167. The maximum atomic E-state index is 10.9. The van der Waals surface area contributed by atoms with Crippen molar-refractivity contribution in [2.45, 2.75) is 18.8 Å². The Morgan fingerprint density at radius 3 is 2.58 bits per heavy atom. The van der Waals surface area contributed by atoms with E-state index >= 15 is 0 Å². The van der Waals surface area contributed by atoms with Crippen LogP contribution in [0.5, 0.6) is 0 Å². The van der Waals surface area contributed by atoms with E-state index in [1.54, 1.807) is 0 Å². The summed E-state index contributed by atoms with van der Waals surface area (Å²) in [5, 5.41) is 20.5. The van der Waals surface area contributed by atoms with E-state index in [9.17, 15) is 19.8 Å². The van der Waals surface area contributed by atoms with Crippen molar-refractivity contribution in [1.29, 1.82) is 0 Å². The predicted octanol–water partition coefficient (Wildman–Crippen LogP) is -1.76. The van der Waals surface area contributed by atoms with Crippen LogP contribution < -0.4 is 5.32 Å². The summed E-state index contributed by atoms with van der Waals surface area (Å²) in [6.07, 6.45) is -1.50. The first-order valence-corrected chi connectivity index (χ1v) is 3.36. The topological polar surface area (TPSA) is 89.9 Å². The third kappa shape index (κ3) is 1.05. The van der Waals surface area contributed by atoms with Crippen LogP contribution in [-0.2, 0) is 4.79 Å². The first-order chi connectivity index (χ1) is 5.37. The number of carbonyl (C=O) groups is 2. The number of aliphatic hydroxyl groups is 2. The third-order valence-corrected chi connectivity index (χ3v) is 1.87. The van der Waals surface area contributed by atoms with Crippen LogP contribution in [0.15, 0.2) is 0 Å². The highest BCUT2D eigenvalue weighted by molar-refractivity contribution is 6.01. The van der Waals surface area contributed by atoms with Gasteiger partial charge in [0, 0.05) is 7.05 Å². The van der Waals surface area contributed by atoms with Gasteiger partial charge in [-0.3, -0.25) is 15.0 Å². The molecule has 0 radical (unpaired) electrons. The van der Waals surface area contributed by atoms with Crippen molar-refractivity contribution in [3.05, 3.63) is 0 Å². The lowest BCUT2D eigenvalue weighted by Crippen LogP contribution is -2.67. The van der Waals surface area contributed by atoms with Gasteiger partial charge in [-0.15, -0.1) is 0 Å². The Bertz CT molecular complexity index is 238. The third-order valence-electron chi connectivity index (χ3n) is 1.87. The summed E-state index contributed by atoms with van der Waals surface area (Å²) in [5.41, 5.74) is -1.94. The van der Waals surface area contributed by atoms with Crippen LogP contribution in [0.4, 0.5) is 4.79 Å². The fourth-order valence-electron chi connectivity index (χ4n) is 0.917. The molecule has 1 heterocycles. The van der Waals surface area contributed by atoms with E-state index < -0.39 is 23.8 Å². The molecule has 1 aliphatic heterocycles. The molecule has 6 nitrogen and oxygen atoms in total. The number of amides is 3. The normalized spacial score (nSPS) is 36.7. The monoisotopic (exact) mass is 174 g/mol. The Morgan fingerprint density at radius 1 is 1.58 bits per heavy atom. The average molecular weight is 174 g/mol. The molecule has 0 aromatic rings. The van der Waals surface area contributed by atoms with Crippen LogP contribution in [0, 0.1) is 0 Å². The minimum atomic E-state index is -1.94. The second-order valence-corrected chi connectivity index (χ2v) is 2.89. The molecule has 1 saturated heterocycles. The molecular formula is C6H10N2O4. The summed E-state index contributed by atoms with van der Waals surface area (Å²) in [7, 11) is 1.28. The van der Waals surface area contributed by atoms with Gasteiger partial charge in [-0.05, 0) is 6.92 Å². The van der Waals surface area contributed by atoms with E-state index in [0.29, 0.717) is 0 Å². The molecule has 0 aromatic carbocycles. The van der Waals surface area contributed by atoms with Gasteiger partial charge in [0.25, 0.3) is 5.91 Å². The molecule has 2 atom stereocenters. The minimum absolute atomic E-state index is 0.723. The predicted molar refractivity (Wildman–Crippen MR) is 37.9 cm³/mol. The summed E-state index contributed by atoms with van der Waals surface area (Å²) in [6, 6.07) is -0.723. The molecule has 6 heteroatoms. The molecule has 0 aliphatic carbocycles. The summed E-state index contributed by atoms with van der Waals surface area (Å²) in [6.45, 7) is 1.13. The van der Waals surface area contributed by atoms with Crippen molar-refractivity contribution in [3.8, 4) is 0 Å². The van der Waals surface area contributed by atoms with Crippen LogP contribution in [0.3, 0.4) is 0 Å². The number of urea groups is 1. The quantitative estimate of drug-likeness (QED) is 0.405. The van der Waals surface area contributed by atoms with Crippen molar-refractivity contribution in [2.24, 2.45) is 0 Å². The summed E-state index contributed by atoms with van der Waals surface area (Å²) in [4.78, 5) is 22.6. The standard InChI is InChI=1S/C6H10N2O4/c1-6(12)3(9)7-5(11)8(2)4(6)10/h4,10,12H,1-2H3,(H,7,9,11). The van der Waals surface area contributed by atoms with Crippen molar-refractivity contribution in [1.82, 2.24) is 10.2 Å². The van der Waals surface area contributed by atoms with E-state index in [-0.39, 0.29) is 0 Å². The second-order valence-electron chi connectivity index (χ2n) is 2.89. The van der Waals surface area contributed by atoms with E-state index in [4.69, 9.17) is 0 Å². The van der Waals surface area contributed by atoms with Gasteiger partial charge in [-0.2, -0.15) is 0 Å². The molecule has 1 aliphatic rings. The Hall–Kier alpha value is -1.14. The summed E-state index contributed by atoms with van der Waals surface area (Å²) < 4.78 is 0. The van der Waals surface area contributed by atoms with Gasteiger partial charge < -0.3 is 10.2 Å². The Kier molecular flexibility index (Phi) is 1.81. The molecule has 0 aromatic heterocycles. The molecule has 0 spiro atoms. The van der Waals surface area contributed by atoms with Crippen LogP contribution in [0.1, 0.15) is 6.92 Å². The molecule has 12 heavy (non-hydrogen) atoms. The van der Waals surface area contributed by atoms with E-state index in [0.717, 1.165) is 11.8 Å². The summed E-state index contributed by atoms with van der Waals surface area (Å²) >= 11 is 0. The number of hydrogen-bond acceptors (Lipinski definition) is 4. The lowest BCUT2D eigenvalue weighted by atomic mass is 10.0. The maximum absolute atomic E-state index is 10.9. The SMILES string of the molecule is CN1C(=O)NC(=O)C(C)(O)C1O. The molecule has 0 saturated carbocycles. The largest absolute Gasteiger partial charge is 0.376 e. The number of imide groups is 1. The van der Waals surface area contributed by atoms with Crippen molar-refractivity contribution >= 4 is 11.9 Å². The highest BCUT2D eigenvalue weighted by Gasteiger charge is 2.47.